The molecule has 6 nitrogen and oxygen atoms in total. The molecule has 0 radical (unpaired) electrons. The van der Waals surface area contributed by atoms with Crippen molar-refractivity contribution in [1.82, 2.24) is 5.32 Å². The molecule has 2 atom stereocenters. The summed E-state index contributed by atoms with van der Waals surface area (Å²) in [7, 11) is 1.28. The van der Waals surface area contributed by atoms with Crippen LogP contribution in [0.15, 0.2) is 30.3 Å². The van der Waals surface area contributed by atoms with Gasteiger partial charge in [-0.25, -0.2) is 4.79 Å². The molecule has 1 aliphatic rings. The third-order valence-corrected chi connectivity index (χ3v) is 4.11. The predicted molar refractivity (Wildman–Crippen MR) is 87.0 cm³/mol. The highest BCUT2D eigenvalue weighted by Gasteiger charge is 2.34. The first-order valence-electron chi connectivity index (χ1n) is 8.10. The van der Waals surface area contributed by atoms with E-state index < -0.39 is 12.0 Å². The first kappa shape index (κ1) is 18.1. The van der Waals surface area contributed by atoms with Gasteiger partial charge in [0.2, 0.25) is 5.91 Å². The summed E-state index contributed by atoms with van der Waals surface area (Å²) < 4.78 is 10.1. The third-order valence-electron chi connectivity index (χ3n) is 4.11. The van der Waals surface area contributed by atoms with E-state index in [2.05, 4.69) is 5.32 Å². The van der Waals surface area contributed by atoms with Crippen molar-refractivity contribution in [3.8, 4) is 0 Å². The minimum absolute atomic E-state index is 0.120. The number of rotatable bonds is 7. The first-order valence-corrected chi connectivity index (χ1v) is 8.10. The summed E-state index contributed by atoms with van der Waals surface area (Å²) in [5.41, 5.74) is 0.965. The second-order valence-corrected chi connectivity index (χ2v) is 5.94. The van der Waals surface area contributed by atoms with Crippen LogP contribution in [-0.2, 0) is 30.5 Å². The monoisotopic (exact) mass is 333 g/mol. The van der Waals surface area contributed by atoms with Gasteiger partial charge in [0.05, 0.1) is 13.7 Å². The summed E-state index contributed by atoms with van der Waals surface area (Å²) in [4.78, 5) is 35.6. The van der Waals surface area contributed by atoms with Gasteiger partial charge in [0.15, 0.2) is 0 Å². The van der Waals surface area contributed by atoms with Crippen LogP contribution in [0.3, 0.4) is 0 Å². The number of hydrogen-bond donors (Lipinski definition) is 1. The molecule has 6 heteroatoms. The molecule has 1 fully saturated rings. The van der Waals surface area contributed by atoms with E-state index >= 15 is 0 Å². The average Bonchev–Trinajstić information content (AvgIpc) is 2.60. The number of esters is 1. The lowest BCUT2D eigenvalue weighted by Crippen LogP contribution is -2.49. The number of ketones is 1. The lowest BCUT2D eigenvalue weighted by Gasteiger charge is -2.28. The largest absolute Gasteiger partial charge is 0.467 e. The van der Waals surface area contributed by atoms with Gasteiger partial charge >= 0.3 is 5.97 Å². The maximum absolute atomic E-state index is 12.1. The molecule has 2 rings (SSSR count). The predicted octanol–water partition coefficient (Wildman–Crippen LogP) is 1.62. The molecule has 0 saturated heterocycles. The minimum atomic E-state index is -0.799. The topological polar surface area (TPSA) is 81.7 Å². The van der Waals surface area contributed by atoms with Crippen LogP contribution in [0.4, 0.5) is 0 Å². The van der Waals surface area contributed by atoms with Gasteiger partial charge in [0.25, 0.3) is 0 Å². The molecule has 0 unspecified atom stereocenters. The zero-order valence-electron chi connectivity index (χ0n) is 13.8. The number of nitrogens with one attached hydrogen (secondary N) is 1. The molecule has 1 saturated carbocycles. The number of carbonyl (C=O) groups is 3. The number of methoxy groups -OCH3 is 1. The number of Topliss-reactive ketones (excluding diaryl/α,β-unsaturated/α-hetero) is 1. The van der Waals surface area contributed by atoms with Crippen LogP contribution in [0.25, 0.3) is 0 Å². The van der Waals surface area contributed by atoms with E-state index in [-0.39, 0.29) is 24.2 Å². The van der Waals surface area contributed by atoms with Crippen molar-refractivity contribution >= 4 is 17.7 Å². The third kappa shape index (κ3) is 5.45. The van der Waals surface area contributed by atoms with Crippen LogP contribution < -0.4 is 5.32 Å². The molecule has 0 bridgehead atoms. The van der Waals surface area contributed by atoms with Crippen molar-refractivity contribution in [2.75, 3.05) is 13.7 Å². The fourth-order valence-corrected chi connectivity index (χ4v) is 2.89. The standard InChI is InChI=1S/C18H23NO5/c1-23-18(22)17(14-8-5-9-15(20)10-14)19-16(21)12-24-11-13-6-3-2-4-7-13/h2-4,6-7,14,17H,5,8-12H2,1H3,(H,19,21)/t14-,17+/m0/s1. The Bertz CT molecular complexity index is 572. The van der Waals surface area contributed by atoms with Crippen LogP contribution >= 0.6 is 0 Å². The van der Waals surface area contributed by atoms with Crippen molar-refractivity contribution in [2.45, 2.75) is 38.3 Å². The molecule has 1 amide bonds. The summed E-state index contributed by atoms with van der Waals surface area (Å²) >= 11 is 0. The Morgan fingerprint density at radius 2 is 2.04 bits per heavy atom. The Morgan fingerprint density at radius 3 is 2.71 bits per heavy atom. The molecular weight excluding hydrogens is 310 g/mol. The minimum Gasteiger partial charge on any atom is -0.467 e. The molecule has 1 aliphatic carbocycles. The molecular formula is C18H23NO5. The Morgan fingerprint density at radius 1 is 1.29 bits per heavy atom. The van der Waals surface area contributed by atoms with E-state index in [9.17, 15) is 14.4 Å². The van der Waals surface area contributed by atoms with Gasteiger partial charge in [0, 0.05) is 12.8 Å². The van der Waals surface area contributed by atoms with Crippen LogP contribution in [0.2, 0.25) is 0 Å². The Balaban J connectivity index is 1.85. The smallest absolute Gasteiger partial charge is 0.328 e. The second kappa shape index (κ2) is 9.17. The van der Waals surface area contributed by atoms with Gasteiger partial charge < -0.3 is 14.8 Å². The highest BCUT2D eigenvalue weighted by atomic mass is 16.5. The van der Waals surface area contributed by atoms with E-state index in [1.54, 1.807) is 0 Å². The van der Waals surface area contributed by atoms with Gasteiger partial charge in [0.1, 0.15) is 18.4 Å². The zero-order valence-corrected chi connectivity index (χ0v) is 13.8. The molecule has 1 aromatic rings. The fraction of sp³-hybridized carbons (Fsp3) is 0.500. The molecule has 1 N–H and O–H groups in total. The SMILES string of the molecule is COC(=O)[C@H](NC(=O)COCc1ccccc1)[C@H]1CCCC(=O)C1. The number of benzene rings is 1. The molecule has 130 valence electrons. The summed E-state index contributed by atoms with van der Waals surface area (Å²) in [5.74, 6) is -1.00. The molecule has 1 aromatic carbocycles. The number of ether oxygens (including phenoxy) is 2. The van der Waals surface area contributed by atoms with Gasteiger partial charge in [-0.15, -0.1) is 0 Å². The van der Waals surface area contributed by atoms with E-state index in [0.717, 1.165) is 18.4 Å². The van der Waals surface area contributed by atoms with Gasteiger partial charge in [-0.05, 0) is 24.3 Å². The molecule has 0 aromatic heterocycles. The van der Waals surface area contributed by atoms with Crippen molar-refractivity contribution in [3.63, 3.8) is 0 Å². The quantitative estimate of drug-likeness (QED) is 0.767. The number of amides is 1. The van der Waals surface area contributed by atoms with E-state index in [4.69, 9.17) is 9.47 Å². The van der Waals surface area contributed by atoms with Crippen molar-refractivity contribution in [1.29, 1.82) is 0 Å². The van der Waals surface area contributed by atoms with Crippen LogP contribution in [0.5, 0.6) is 0 Å². The van der Waals surface area contributed by atoms with Crippen molar-refractivity contribution < 1.29 is 23.9 Å². The summed E-state index contributed by atoms with van der Waals surface area (Å²) in [6.45, 7) is 0.169. The fourth-order valence-electron chi connectivity index (χ4n) is 2.89. The zero-order chi connectivity index (χ0) is 17.4. The normalized spacial score (nSPS) is 18.7. The second-order valence-electron chi connectivity index (χ2n) is 5.94. The first-order chi connectivity index (χ1) is 11.6. The summed E-state index contributed by atoms with van der Waals surface area (Å²) in [6, 6.07) is 8.71. The van der Waals surface area contributed by atoms with Crippen molar-refractivity contribution in [3.05, 3.63) is 35.9 Å². The Hall–Kier alpha value is -2.21. The van der Waals surface area contributed by atoms with E-state index in [1.807, 2.05) is 30.3 Å². The van der Waals surface area contributed by atoms with Gasteiger partial charge in [-0.2, -0.15) is 0 Å². The lowest BCUT2D eigenvalue weighted by atomic mass is 9.83. The Labute approximate surface area is 141 Å². The van der Waals surface area contributed by atoms with Gasteiger partial charge in [-0.1, -0.05) is 30.3 Å². The van der Waals surface area contributed by atoms with E-state index in [0.29, 0.717) is 19.4 Å². The molecule has 0 spiro atoms. The highest BCUT2D eigenvalue weighted by molar-refractivity contribution is 5.86. The van der Waals surface area contributed by atoms with Crippen LogP contribution in [-0.4, -0.2) is 37.4 Å². The number of carbonyl (C=O) groups excluding carboxylic acids is 3. The number of hydrogen-bond acceptors (Lipinski definition) is 5. The maximum Gasteiger partial charge on any atom is 0.328 e. The lowest BCUT2D eigenvalue weighted by molar-refractivity contribution is -0.148. The maximum atomic E-state index is 12.1. The van der Waals surface area contributed by atoms with E-state index in [1.165, 1.54) is 7.11 Å². The van der Waals surface area contributed by atoms with Crippen LogP contribution in [0.1, 0.15) is 31.2 Å². The molecule has 0 heterocycles. The average molecular weight is 333 g/mol. The highest BCUT2D eigenvalue weighted by Crippen LogP contribution is 2.25. The van der Waals surface area contributed by atoms with Crippen molar-refractivity contribution in [2.24, 2.45) is 5.92 Å². The molecule has 0 aliphatic heterocycles. The van der Waals surface area contributed by atoms with Crippen LogP contribution in [0, 0.1) is 5.92 Å². The summed E-state index contributed by atoms with van der Waals surface area (Å²) in [5, 5.41) is 2.65. The Kier molecular flexibility index (Phi) is 6.93. The molecule has 24 heavy (non-hydrogen) atoms. The van der Waals surface area contributed by atoms with Gasteiger partial charge in [-0.3, -0.25) is 9.59 Å². The summed E-state index contributed by atoms with van der Waals surface area (Å²) in [6.07, 6.45) is 2.29.